The van der Waals surface area contributed by atoms with E-state index < -0.39 is 5.60 Å². The fourth-order valence-electron chi connectivity index (χ4n) is 6.62. The van der Waals surface area contributed by atoms with Crippen molar-refractivity contribution >= 4 is 34.5 Å². The minimum Gasteiger partial charge on any atom is -0.446 e. The molecule has 5 aliphatic rings. The zero-order valence-electron chi connectivity index (χ0n) is 17.3. The molecular weight excluding hydrogens is 416 g/mol. The molecule has 1 aromatic carbocycles. The molecule has 2 heterocycles. The van der Waals surface area contributed by atoms with Gasteiger partial charge in [-0.05, 0) is 74.5 Å². The second-order valence-corrected chi connectivity index (χ2v) is 10.4. The lowest BCUT2D eigenvalue weighted by atomic mass is 9.53. The Hall–Kier alpha value is -2.12. The SMILES string of the molecule is O=C(O[C@H]1C2CC3CC1C[C@](O)(C3)C2)N1CC[C@@H](Nc2cnc3cc(Cl)ccc3n2)C1. The number of fused-ring (bicyclic) bond motifs is 1. The van der Waals surface area contributed by atoms with Crippen LogP contribution < -0.4 is 5.32 Å². The van der Waals surface area contributed by atoms with E-state index in [0.29, 0.717) is 41.7 Å². The topological polar surface area (TPSA) is 87.6 Å². The van der Waals surface area contributed by atoms with Gasteiger partial charge in [0.2, 0.25) is 0 Å². The van der Waals surface area contributed by atoms with Gasteiger partial charge in [-0.2, -0.15) is 0 Å². The maximum Gasteiger partial charge on any atom is 0.410 e. The van der Waals surface area contributed by atoms with Gasteiger partial charge in [-0.1, -0.05) is 11.6 Å². The van der Waals surface area contributed by atoms with Crippen molar-refractivity contribution in [3.8, 4) is 0 Å². The van der Waals surface area contributed by atoms with Gasteiger partial charge in [0, 0.05) is 24.2 Å². The maximum absolute atomic E-state index is 12.9. The number of rotatable bonds is 3. The third kappa shape index (κ3) is 3.61. The van der Waals surface area contributed by atoms with E-state index in [2.05, 4.69) is 15.3 Å². The second-order valence-electron chi connectivity index (χ2n) is 10.0. The molecule has 4 saturated carbocycles. The Morgan fingerprint density at radius 3 is 2.81 bits per heavy atom. The molecule has 164 valence electrons. The van der Waals surface area contributed by atoms with Gasteiger partial charge in [0.15, 0.2) is 0 Å². The second kappa shape index (κ2) is 7.20. The van der Waals surface area contributed by atoms with Crippen molar-refractivity contribution in [2.45, 2.75) is 56.3 Å². The Bertz CT molecular complexity index is 1020. The predicted octanol–water partition coefficient (Wildman–Crippen LogP) is 3.85. The summed E-state index contributed by atoms with van der Waals surface area (Å²) in [7, 11) is 0. The van der Waals surface area contributed by atoms with E-state index >= 15 is 0 Å². The quantitative estimate of drug-likeness (QED) is 0.750. The average molecular weight is 443 g/mol. The molecular formula is C23H27ClN4O3. The number of hydrogen-bond acceptors (Lipinski definition) is 6. The van der Waals surface area contributed by atoms with Crippen LogP contribution >= 0.6 is 11.6 Å². The number of nitrogens with zero attached hydrogens (tertiary/aromatic N) is 3. The van der Waals surface area contributed by atoms with Gasteiger partial charge < -0.3 is 20.1 Å². The van der Waals surface area contributed by atoms with Crippen molar-refractivity contribution in [2.24, 2.45) is 17.8 Å². The van der Waals surface area contributed by atoms with Crippen LogP contribution in [0.5, 0.6) is 0 Å². The van der Waals surface area contributed by atoms with Crippen molar-refractivity contribution in [3.05, 3.63) is 29.4 Å². The van der Waals surface area contributed by atoms with E-state index in [1.54, 1.807) is 23.2 Å². The normalized spacial score (nSPS) is 36.2. The van der Waals surface area contributed by atoms with Crippen LogP contribution in [0.15, 0.2) is 24.4 Å². The molecule has 2 unspecified atom stereocenters. The highest BCUT2D eigenvalue weighted by Gasteiger charge is 2.56. The van der Waals surface area contributed by atoms with Crippen LogP contribution in [0.25, 0.3) is 11.0 Å². The molecule has 0 radical (unpaired) electrons. The third-order valence-electron chi connectivity index (χ3n) is 7.69. The van der Waals surface area contributed by atoms with E-state index in [1.807, 2.05) is 6.07 Å². The summed E-state index contributed by atoms with van der Waals surface area (Å²) in [5.74, 6) is 1.94. The molecule has 4 bridgehead atoms. The number of likely N-dealkylation sites (tertiary alicyclic amines) is 1. The van der Waals surface area contributed by atoms with E-state index in [1.165, 1.54) is 0 Å². The minimum absolute atomic E-state index is 0.0329. The number of hydrogen-bond donors (Lipinski definition) is 2. The van der Waals surface area contributed by atoms with Gasteiger partial charge >= 0.3 is 6.09 Å². The maximum atomic E-state index is 12.9. The Balaban J connectivity index is 1.07. The predicted molar refractivity (Wildman–Crippen MR) is 117 cm³/mol. The molecule has 0 spiro atoms. The smallest absolute Gasteiger partial charge is 0.410 e. The monoisotopic (exact) mass is 442 g/mol. The van der Waals surface area contributed by atoms with Crippen LogP contribution in [-0.2, 0) is 4.74 Å². The number of aliphatic hydroxyl groups is 1. The molecule has 1 saturated heterocycles. The highest BCUT2D eigenvalue weighted by atomic mass is 35.5. The van der Waals surface area contributed by atoms with Crippen molar-refractivity contribution in [3.63, 3.8) is 0 Å². The number of carbonyl (C=O) groups excluding carboxylic acids is 1. The van der Waals surface area contributed by atoms with Gasteiger partial charge in [0.25, 0.3) is 0 Å². The van der Waals surface area contributed by atoms with Crippen molar-refractivity contribution in [1.29, 1.82) is 0 Å². The van der Waals surface area contributed by atoms with Gasteiger partial charge in [0.05, 0.1) is 22.8 Å². The van der Waals surface area contributed by atoms with Crippen LogP contribution in [0.4, 0.5) is 10.6 Å². The molecule has 5 fully saturated rings. The molecule has 7 rings (SSSR count). The fraction of sp³-hybridized carbons (Fsp3) is 0.609. The highest BCUT2D eigenvalue weighted by Crippen LogP contribution is 2.56. The summed E-state index contributed by atoms with van der Waals surface area (Å²) in [6.45, 7) is 1.26. The fourth-order valence-corrected chi connectivity index (χ4v) is 6.79. The molecule has 3 atom stereocenters. The summed E-state index contributed by atoms with van der Waals surface area (Å²) < 4.78 is 6.03. The first kappa shape index (κ1) is 19.6. The van der Waals surface area contributed by atoms with Crippen LogP contribution in [-0.4, -0.2) is 56.9 Å². The Morgan fingerprint density at radius 1 is 1.23 bits per heavy atom. The molecule has 1 amide bonds. The largest absolute Gasteiger partial charge is 0.446 e. The van der Waals surface area contributed by atoms with Crippen LogP contribution in [0.1, 0.15) is 38.5 Å². The van der Waals surface area contributed by atoms with Gasteiger partial charge in [-0.3, -0.25) is 4.98 Å². The molecule has 1 aromatic heterocycles. The average Bonchev–Trinajstić information content (AvgIpc) is 3.18. The molecule has 7 nitrogen and oxygen atoms in total. The number of halogens is 1. The lowest BCUT2D eigenvalue weighted by Gasteiger charge is -2.57. The number of benzene rings is 1. The summed E-state index contributed by atoms with van der Waals surface area (Å²) in [6.07, 6.45) is 6.99. The van der Waals surface area contributed by atoms with Crippen molar-refractivity contribution in [1.82, 2.24) is 14.9 Å². The number of carbonyl (C=O) groups is 1. The highest BCUT2D eigenvalue weighted by molar-refractivity contribution is 6.31. The number of nitrogens with one attached hydrogen (secondary N) is 1. The molecule has 2 N–H and O–H groups in total. The van der Waals surface area contributed by atoms with Crippen molar-refractivity contribution < 1.29 is 14.6 Å². The van der Waals surface area contributed by atoms with Gasteiger partial charge in [0.1, 0.15) is 11.9 Å². The first-order valence-corrected chi connectivity index (χ1v) is 11.7. The summed E-state index contributed by atoms with van der Waals surface area (Å²) in [5, 5.41) is 14.8. The van der Waals surface area contributed by atoms with Gasteiger partial charge in [-0.15, -0.1) is 0 Å². The molecule has 4 aliphatic carbocycles. The first-order valence-electron chi connectivity index (χ1n) is 11.3. The minimum atomic E-state index is -0.506. The Kier molecular flexibility index (Phi) is 4.54. The van der Waals surface area contributed by atoms with Gasteiger partial charge in [-0.25, -0.2) is 9.78 Å². The van der Waals surface area contributed by atoms with E-state index in [4.69, 9.17) is 16.3 Å². The Labute approximate surface area is 186 Å². The molecule has 2 aromatic rings. The third-order valence-corrected chi connectivity index (χ3v) is 7.93. The molecule has 8 heteroatoms. The zero-order chi connectivity index (χ0) is 21.2. The van der Waals surface area contributed by atoms with E-state index in [0.717, 1.165) is 49.6 Å². The number of amides is 1. The summed E-state index contributed by atoms with van der Waals surface area (Å²) in [6, 6.07) is 5.57. The summed E-state index contributed by atoms with van der Waals surface area (Å²) >= 11 is 6.01. The van der Waals surface area contributed by atoms with E-state index in [-0.39, 0.29) is 18.2 Å². The van der Waals surface area contributed by atoms with Crippen LogP contribution in [0.2, 0.25) is 5.02 Å². The Morgan fingerprint density at radius 2 is 2.03 bits per heavy atom. The summed E-state index contributed by atoms with van der Waals surface area (Å²) in [5.41, 5.74) is 1.04. The van der Waals surface area contributed by atoms with Crippen LogP contribution in [0, 0.1) is 17.8 Å². The lowest BCUT2D eigenvalue weighted by Crippen LogP contribution is -2.58. The van der Waals surface area contributed by atoms with Crippen molar-refractivity contribution in [2.75, 3.05) is 18.4 Å². The van der Waals surface area contributed by atoms with E-state index in [9.17, 15) is 9.90 Å². The first-order chi connectivity index (χ1) is 14.9. The summed E-state index contributed by atoms with van der Waals surface area (Å²) in [4.78, 5) is 23.7. The molecule has 1 aliphatic heterocycles. The van der Waals surface area contributed by atoms with Crippen LogP contribution in [0.3, 0.4) is 0 Å². The lowest BCUT2D eigenvalue weighted by molar-refractivity contribution is -0.177. The number of aromatic nitrogens is 2. The number of ether oxygens (including phenoxy) is 1. The molecule has 31 heavy (non-hydrogen) atoms. The number of anilines is 1. The standard InChI is InChI=1S/C23H27ClN4O3/c24-16-1-2-18-19(7-16)25-11-20(27-18)26-17-3-4-28(12-17)22(29)31-21-14-5-13-6-15(21)10-23(30,8-13)9-14/h1-2,7,11,13-15,17,21,30H,3-6,8-10,12H2,(H,26,27)/t13?,14?,15?,17-,21-,23-/m1/s1. The zero-order valence-corrected chi connectivity index (χ0v) is 18.1.